The smallest absolute Gasteiger partial charge is 0.337 e. The fourth-order valence-electron chi connectivity index (χ4n) is 3.05. The Morgan fingerprint density at radius 3 is 2.34 bits per heavy atom. The van der Waals surface area contributed by atoms with E-state index in [4.69, 9.17) is 9.47 Å². The molecule has 150 valence electrons. The molecule has 0 saturated heterocycles. The molecule has 0 aliphatic carbocycles. The minimum Gasteiger partial charge on any atom is -0.487 e. The Balaban J connectivity index is 1.79. The number of benzene rings is 3. The summed E-state index contributed by atoms with van der Waals surface area (Å²) in [6.07, 6.45) is 0. The number of nitrogens with zero attached hydrogens (tertiary/aromatic N) is 1. The lowest BCUT2D eigenvalue weighted by Gasteiger charge is -2.26. The maximum atomic E-state index is 11.6. The minimum atomic E-state index is -0.326. The zero-order chi connectivity index (χ0) is 20.6. The summed E-state index contributed by atoms with van der Waals surface area (Å²) >= 11 is 3.58. The lowest BCUT2D eigenvalue weighted by atomic mass is 10.1. The third-order valence-corrected chi connectivity index (χ3v) is 5.12. The number of halogens is 1. The largest absolute Gasteiger partial charge is 0.487 e. The molecule has 0 amide bonds. The van der Waals surface area contributed by atoms with E-state index in [1.807, 2.05) is 42.5 Å². The molecule has 3 rings (SSSR count). The second-order valence-electron chi connectivity index (χ2n) is 6.59. The van der Waals surface area contributed by atoms with Gasteiger partial charge in [0.05, 0.1) is 18.4 Å². The molecule has 4 nitrogen and oxygen atoms in total. The Morgan fingerprint density at radius 1 is 0.966 bits per heavy atom. The van der Waals surface area contributed by atoms with Gasteiger partial charge in [0.25, 0.3) is 0 Å². The normalized spacial score (nSPS) is 10.4. The molecule has 0 heterocycles. The zero-order valence-electron chi connectivity index (χ0n) is 16.6. The van der Waals surface area contributed by atoms with Crippen LogP contribution in [0.15, 0.2) is 77.3 Å². The van der Waals surface area contributed by atoms with Crippen molar-refractivity contribution in [1.29, 1.82) is 0 Å². The van der Waals surface area contributed by atoms with Crippen molar-refractivity contribution in [3.8, 4) is 5.75 Å². The first kappa shape index (κ1) is 20.9. The van der Waals surface area contributed by atoms with Gasteiger partial charge in [0.2, 0.25) is 0 Å². The molecule has 0 bridgehead atoms. The van der Waals surface area contributed by atoms with Crippen LogP contribution in [-0.4, -0.2) is 19.6 Å². The molecule has 0 saturated carbocycles. The standard InChI is InChI=1S/C24H24BrNO3/c1-3-26(16-18-9-11-20(12-10-18)24(27)28-2)22-15-21(25)13-14-23(22)29-17-19-7-5-4-6-8-19/h4-15H,3,16-17H2,1-2H3. The lowest BCUT2D eigenvalue weighted by molar-refractivity contribution is 0.0600. The van der Waals surface area contributed by atoms with E-state index in [1.165, 1.54) is 7.11 Å². The number of ether oxygens (including phenoxy) is 2. The third-order valence-electron chi connectivity index (χ3n) is 4.63. The first-order valence-corrected chi connectivity index (χ1v) is 10.3. The van der Waals surface area contributed by atoms with Crippen molar-refractivity contribution in [1.82, 2.24) is 0 Å². The highest BCUT2D eigenvalue weighted by Crippen LogP contribution is 2.33. The van der Waals surface area contributed by atoms with Crippen molar-refractivity contribution < 1.29 is 14.3 Å². The first-order chi connectivity index (χ1) is 14.1. The Hall–Kier alpha value is -2.79. The van der Waals surface area contributed by atoms with E-state index < -0.39 is 0 Å². The van der Waals surface area contributed by atoms with Crippen molar-refractivity contribution in [2.24, 2.45) is 0 Å². The maximum absolute atomic E-state index is 11.6. The van der Waals surface area contributed by atoms with Gasteiger partial charge in [0, 0.05) is 17.6 Å². The molecular formula is C24H24BrNO3. The molecular weight excluding hydrogens is 430 g/mol. The Kier molecular flexibility index (Phi) is 7.30. The maximum Gasteiger partial charge on any atom is 0.337 e. The summed E-state index contributed by atoms with van der Waals surface area (Å²) in [5.41, 5.74) is 3.81. The fraction of sp³-hybridized carbons (Fsp3) is 0.208. The van der Waals surface area contributed by atoms with Gasteiger partial charge < -0.3 is 14.4 Å². The molecule has 29 heavy (non-hydrogen) atoms. The van der Waals surface area contributed by atoms with Crippen molar-refractivity contribution in [3.05, 3.63) is 94.0 Å². The van der Waals surface area contributed by atoms with Gasteiger partial charge in [0.15, 0.2) is 0 Å². The van der Waals surface area contributed by atoms with Gasteiger partial charge in [-0.05, 0) is 48.4 Å². The van der Waals surface area contributed by atoms with Gasteiger partial charge in [-0.25, -0.2) is 4.79 Å². The van der Waals surface area contributed by atoms with Crippen LogP contribution in [0.4, 0.5) is 5.69 Å². The molecule has 0 aliphatic rings. The quantitative estimate of drug-likeness (QED) is 0.401. The fourth-order valence-corrected chi connectivity index (χ4v) is 3.40. The van der Waals surface area contributed by atoms with E-state index in [2.05, 4.69) is 46.0 Å². The molecule has 0 unspecified atom stereocenters. The molecule has 0 fully saturated rings. The monoisotopic (exact) mass is 453 g/mol. The zero-order valence-corrected chi connectivity index (χ0v) is 18.2. The van der Waals surface area contributed by atoms with Crippen LogP contribution in [0.2, 0.25) is 0 Å². The van der Waals surface area contributed by atoms with Gasteiger partial charge >= 0.3 is 5.97 Å². The number of hydrogen-bond acceptors (Lipinski definition) is 4. The number of esters is 1. The van der Waals surface area contributed by atoms with Crippen LogP contribution in [0.1, 0.15) is 28.4 Å². The molecule has 3 aromatic carbocycles. The van der Waals surface area contributed by atoms with E-state index >= 15 is 0 Å². The van der Waals surface area contributed by atoms with Gasteiger partial charge in [-0.1, -0.05) is 58.4 Å². The summed E-state index contributed by atoms with van der Waals surface area (Å²) in [5, 5.41) is 0. The number of anilines is 1. The molecule has 0 aliphatic heterocycles. The Morgan fingerprint density at radius 2 is 1.69 bits per heavy atom. The van der Waals surface area contributed by atoms with Gasteiger partial charge in [-0.15, -0.1) is 0 Å². The van der Waals surface area contributed by atoms with Gasteiger partial charge in [-0.2, -0.15) is 0 Å². The van der Waals surface area contributed by atoms with Crippen molar-refractivity contribution >= 4 is 27.6 Å². The summed E-state index contributed by atoms with van der Waals surface area (Å²) in [5.74, 6) is 0.512. The Bertz CT molecular complexity index is 942. The minimum absolute atomic E-state index is 0.326. The van der Waals surface area contributed by atoms with Crippen LogP contribution in [0.3, 0.4) is 0 Å². The highest BCUT2D eigenvalue weighted by molar-refractivity contribution is 9.10. The SMILES string of the molecule is CCN(Cc1ccc(C(=O)OC)cc1)c1cc(Br)ccc1OCc1ccccc1. The van der Waals surface area contributed by atoms with Crippen LogP contribution in [0, 0.1) is 0 Å². The second-order valence-corrected chi connectivity index (χ2v) is 7.50. The highest BCUT2D eigenvalue weighted by Gasteiger charge is 2.13. The van der Waals surface area contributed by atoms with E-state index in [0.29, 0.717) is 18.7 Å². The van der Waals surface area contributed by atoms with Gasteiger partial charge in [0.1, 0.15) is 12.4 Å². The third kappa shape index (κ3) is 5.61. The number of hydrogen-bond donors (Lipinski definition) is 0. The number of rotatable bonds is 8. The summed E-state index contributed by atoms with van der Waals surface area (Å²) in [6.45, 7) is 4.15. The van der Waals surface area contributed by atoms with Crippen molar-refractivity contribution in [2.45, 2.75) is 20.1 Å². The van der Waals surface area contributed by atoms with Gasteiger partial charge in [-0.3, -0.25) is 0 Å². The molecule has 0 aromatic heterocycles. The highest BCUT2D eigenvalue weighted by atomic mass is 79.9. The molecule has 0 spiro atoms. The van der Waals surface area contributed by atoms with E-state index in [0.717, 1.165) is 33.6 Å². The van der Waals surface area contributed by atoms with E-state index in [-0.39, 0.29) is 5.97 Å². The Labute approximate surface area is 180 Å². The molecule has 0 atom stereocenters. The molecule has 0 N–H and O–H groups in total. The first-order valence-electron chi connectivity index (χ1n) is 9.49. The summed E-state index contributed by atoms with van der Waals surface area (Å²) in [4.78, 5) is 13.9. The van der Waals surface area contributed by atoms with Crippen LogP contribution in [-0.2, 0) is 17.9 Å². The lowest BCUT2D eigenvalue weighted by Crippen LogP contribution is -2.22. The van der Waals surface area contributed by atoms with Crippen LogP contribution >= 0.6 is 15.9 Å². The molecule has 5 heteroatoms. The van der Waals surface area contributed by atoms with Crippen LogP contribution in [0.5, 0.6) is 5.75 Å². The van der Waals surface area contributed by atoms with Crippen molar-refractivity contribution in [3.63, 3.8) is 0 Å². The number of methoxy groups -OCH3 is 1. The second kappa shape index (κ2) is 10.1. The summed E-state index contributed by atoms with van der Waals surface area (Å²) < 4.78 is 11.9. The molecule has 3 aromatic rings. The topological polar surface area (TPSA) is 38.8 Å². The van der Waals surface area contributed by atoms with Crippen LogP contribution in [0.25, 0.3) is 0 Å². The van der Waals surface area contributed by atoms with E-state index in [1.54, 1.807) is 12.1 Å². The predicted octanol–water partition coefficient (Wildman–Crippen LogP) is 5.84. The number of carbonyl (C=O) groups excluding carboxylic acids is 1. The average molecular weight is 454 g/mol. The predicted molar refractivity (Wildman–Crippen MR) is 119 cm³/mol. The van der Waals surface area contributed by atoms with E-state index in [9.17, 15) is 4.79 Å². The summed E-state index contributed by atoms with van der Waals surface area (Å²) in [6, 6.07) is 23.7. The average Bonchev–Trinajstić information content (AvgIpc) is 2.77. The van der Waals surface area contributed by atoms with Crippen molar-refractivity contribution in [2.75, 3.05) is 18.6 Å². The van der Waals surface area contributed by atoms with Crippen LogP contribution < -0.4 is 9.64 Å². The molecule has 0 radical (unpaired) electrons. The summed E-state index contributed by atoms with van der Waals surface area (Å²) in [7, 11) is 1.39. The number of carbonyl (C=O) groups is 1.